The van der Waals surface area contributed by atoms with Crippen molar-refractivity contribution in [3.05, 3.63) is 54.7 Å². The molecule has 7 nitrogen and oxygen atoms in total. The molecule has 2 aromatic carbocycles. The number of ether oxygens (including phenoxy) is 3. The molecule has 5 rings (SSSR count). The molecule has 0 saturated carbocycles. The first kappa shape index (κ1) is 19.2. The van der Waals surface area contributed by atoms with Gasteiger partial charge in [0.1, 0.15) is 30.2 Å². The van der Waals surface area contributed by atoms with Crippen LogP contribution in [0.3, 0.4) is 0 Å². The van der Waals surface area contributed by atoms with Crippen LogP contribution in [-0.4, -0.2) is 39.5 Å². The van der Waals surface area contributed by atoms with E-state index in [1.54, 1.807) is 12.3 Å². The molecule has 0 atom stereocenters. The second-order valence-electron chi connectivity index (χ2n) is 7.33. The summed E-state index contributed by atoms with van der Waals surface area (Å²) >= 11 is 0. The number of unbranched alkanes of at least 4 members (excludes halogenated alkanes) is 1. The molecule has 158 valence electrons. The summed E-state index contributed by atoms with van der Waals surface area (Å²) in [6.45, 7) is 3.77. The van der Waals surface area contributed by atoms with Crippen LogP contribution in [0.4, 0.5) is 0 Å². The van der Waals surface area contributed by atoms with Crippen molar-refractivity contribution in [3.63, 3.8) is 0 Å². The number of imidazole rings is 1. The zero-order valence-electron chi connectivity index (χ0n) is 17.2. The number of pyridine rings is 1. The van der Waals surface area contributed by atoms with Gasteiger partial charge < -0.3 is 19.3 Å². The summed E-state index contributed by atoms with van der Waals surface area (Å²) in [5, 5.41) is 10.8. The highest BCUT2D eigenvalue weighted by molar-refractivity contribution is 5.82. The summed E-state index contributed by atoms with van der Waals surface area (Å²) in [7, 11) is 0. The minimum Gasteiger partial charge on any atom is -0.507 e. The summed E-state index contributed by atoms with van der Waals surface area (Å²) in [5.41, 5.74) is 2.84. The van der Waals surface area contributed by atoms with Crippen molar-refractivity contribution in [2.24, 2.45) is 0 Å². The van der Waals surface area contributed by atoms with Crippen LogP contribution in [0.1, 0.15) is 19.8 Å². The molecule has 0 bridgehead atoms. The van der Waals surface area contributed by atoms with E-state index in [0.717, 1.165) is 24.0 Å². The number of phenolic OH excluding ortho intramolecular Hbond substituents is 1. The van der Waals surface area contributed by atoms with Crippen LogP contribution in [0.5, 0.6) is 23.0 Å². The number of hydrogen-bond donors (Lipinski definition) is 1. The standard InChI is InChI=1S/C24H23N3O4/c1-2-3-11-29-17-7-8-18(20(28)15-17)23-26-19-5-4-10-25-24(19)27(23)16-6-9-21-22(14-16)31-13-12-30-21/h4-10,14-15,28H,2-3,11-13H2,1H3. The van der Waals surface area contributed by atoms with Gasteiger partial charge in [0.2, 0.25) is 0 Å². The first-order valence-electron chi connectivity index (χ1n) is 10.4. The van der Waals surface area contributed by atoms with Gasteiger partial charge in [-0.3, -0.25) is 4.57 Å². The molecule has 1 aliphatic rings. The summed E-state index contributed by atoms with van der Waals surface area (Å²) in [6, 6.07) is 14.8. The lowest BCUT2D eigenvalue weighted by atomic mass is 10.1. The van der Waals surface area contributed by atoms with E-state index in [9.17, 15) is 5.11 Å². The van der Waals surface area contributed by atoms with Gasteiger partial charge in [-0.15, -0.1) is 0 Å². The van der Waals surface area contributed by atoms with E-state index in [-0.39, 0.29) is 5.75 Å². The molecule has 1 aliphatic heterocycles. The molecule has 0 aliphatic carbocycles. The Morgan fingerprint density at radius 3 is 2.77 bits per heavy atom. The van der Waals surface area contributed by atoms with E-state index in [1.807, 2.05) is 47.0 Å². The van der Waals surface area contributed by atoms with Crippen molar-refractivity contribution in [1.29, 1.82) is 0 Å². The number of fused-ring (bicyclic) bond motifs is 2. The van der Waals surface area contributed by atoms with Gasteiger partial charge >= 0.3 is 0 Å². The molecule has 0 amide bonds. The highest BCUT2D eigenvalue weighted by Gasteiger charge is 2.20. The van der Waals surface area contributed by atoms with Gasteiger partial charge in [0.05, 0.1) is 17.9 Å². The second kappa shape index (κ2) is 8.18. The van der Waals surface area contributed by atoms with Crippen LogP contribution >= 0.6 is 0 Å². The van der Waals surface area contributed by atoms with Crippen LogP contribution in [0.2, 0.25) is 0 Å². The van der Waals surface area contributed by atoms with E-state index >= 15 is 0 Å². The Morgan fingerprint density at radius 1 is 1.06 bits per heavy atom. The highest BCUT2D eigenvalue weighted by Crippen LogP contribution is 2.38. The molecule has 3 heterocycles. The minimum atomic E-state index is 0.100. The van der Waals surface area contributed by atoms with Gasteiger partial charge in [0.15, 0.2) is 23.0 Å². The molecule has 7 heteroatoms. The van der Waals surface area contributed by atoms with E-state index in [4.69, 9.17) is 19.2 Å². The van der Waals surface area contributed by atoms with Crippen molar-refractivity contribution in [2.45, 2.75) is 19.8 Å². The Balaban J connectivity index is 1.62. The van der Waals surface area contributed by atoms with Gasteiger partial charge in [0, 0.05) is 18.3 Å². The minimum absolute atomic E-state index is 0.100. The first-order chi connectivity index (χ1) is 15.2. The molecule has 0 spiro atoms. The fourth-order valence-corrected chi connectivity index (χ4v) is 3.63. The summed E-state index contributed by atoms with van der Waals surface area (Å²) in [5.74, 6) is 2.71. The highest BCUT2D eigenvalue weighted by atomic mass is 16.6. The number of hydrogen-bond acceptors (Lipinski definition) is 6. The molecule has 0 saturated heterocycles. The zero-order chi connectivity index (χ0) is 21.2. The van der Waals surface area contributed by atoms with E-state index in [1.165, 1.54) is 0 Å². The lowest BCUT2D eigenvalue weighted by Crippen LogP contribution is -2.15. The quantitative estimate of drug-likeness (QED) is 0.457. The molecular weight excluding hydrogens is 394 g/mol. The van der Waals surface area contributed by atoms with Crippen molar-refractivity contribution < 1.29 is 19.3 Å². The Bertz CT molecular complexity index is 1230. The Kier molecular flexibility index (Phi) is 5.08. The van der Waals surface area contributed by atoms with Crippen molar-refractivity contribution in [1.82, 2.24) is 14.5 Å². The third-order valence-corrected chi connectivity index (χ3v) is 5.18. The fourth-order valence-electron chi connectivity index (χ4n) is 3.63. The van der Waals surface area contributed by atoms with Gasteiger partial charge in [-0.25, -0.2) is 9.97 Å². The molecule has 0 fully saturated rings. The third-order valence-electron chi connectivity index (χ3n) is 5.18. The number of phenols is 1. The topological polar surface area (TPSA) is 78.6 Å². The van der Waals surface area contributed by atoms with Crippen molar-refractivity contribution >= 4 is 11.2 Å². The molecule has 31 heavy (non-hydrogen) atoms. The molecule has 0 radical (unpaired) electrons. The van der Waals surface area contributed by atoms with E-state index in [2.05, 4.69) is 11.9 Å². The number of benzene rings is 2. The molecule has 1 N–H and O–H groups in total. The zero-order valence-corrected chi connectivity index (χ0v) is 17.2. The average Bonchev–Trinajstić information content (AvgIpc) is 3.18. The maximum Gasteiger partial charge on any atom is 0.164 e. The normalized spacial score (nSPS) is 12.8. The van der Waals surface area contributed by atoms with Crippen molar-refractivity contribution in [3.8, 4) is 40.1 Å². The predicted molar refractivity (Wildman–Crippen MR) is 117 cm³/mol. The van der Waals surface area contributed by atoms with Crippen LogP contribution in [0.15, 0.2) is 54.7 Å². The third kappa shape index (κ3) is 3.63. The van der Waals surface area contributed by atoms with Gasteiger partial charge in [-0.2, -0.15) is 0 Å². The van der Waals surface area contributed by atoms with E-state index < -0.39 is 0 Å². The number of aromatic nitrogens is 3. The molecule has 0 unspecified atom stereocenters. The van der Waals surface area contributed by atoms with Crippen LogP contribution < -0.4 is 14.2 Å². The fraction of sp³-hybridized carbons (Fsp3) is 0.250. The smallest absolute Gasteiger partial charge is 0.164 e. The van der Waals surface area contributed by atoms with E-state index in [0.29, 0.717) is 54.1 Å². The average molecular weight is 417 g/mol. The SMILES string of the molecule is CCCCOc1ccc(-c2nc3cccnc3n2-c2ccc3c(c2)OCCO3)c(O)c1. The number of rotatable bonds is 6. The van der Waals surface area contributed by atoms with Gasteiger partial charge in [-0.1, -0.05) is 13.3 Å². The summed E-state index contributed by atoms with van der Waals surface area (Å²) < 4.78 is 19.1. The number of aromatic hydroxyl groups is 1. The maximum absolute atomic E-state index is 10.8. The summed E-state index contributed by atoms with van der Waals surface area (Å²) in [4.78, 5) is 9.30. The molecular formula is C24H23N3O4. The van der Waals surface area contributed by atoms with Gasteiger partial charge in [0.25, 0.3) is 0 Å². The lowest BCUT2D eigenvalue weighted by molar-refractivity contribution is 0.171. The van der Waals surface area contributed by atoms with Crippen LogP contribution in [0.25, 0.3) is 28.2 Å². The van der Waals surface area contributed by atoms with Crippen molar-refractivity contribution in [2.75, 3.05) is 19.8 Å². The van der Waals surface area contributed by atoms with Crippen LogP contribution in [0, 0.1) is 0 Å². The molecule has 2 aromatic heterocycles. The lowest BCUT2D eigenvalue weighted by Gasteiger charge is -2.19. The largest absolute Gasteiger partial charge is 0.507 e. The Labute approximate surface area is 179 Å². The van der Waals surface area contributed by atoms with Crippen LogP contribution in [-0.2, 0) is 0 Å². The van der Waals surface area contributed by atoms with Gasteiger partial charge in [-0.05, 0) is 42.8 Å². The second-order valence-corrected chi connectivity index (χ2v) is 7.33. The Hall–Kier alpha value is -3.74. The summed E-state index contributed by atoms with van der Waals surface area (Å²) in [6.07, 6.45) is 3.75. The maximum atomic E-state index is 10.8. The monoisotopic (exact) mass is 417 g/mol. The predicted octanol–water partition coefficient (Wildman–Crippen LogP) is 4.74. The Morgan fingerprint density at radius 2 is 1.94 bits per heavy atom. The number of nitrogens with zero attached hydrogens (tertiary/aromatic N) is 3. The molecule has 4 aromatic rings. The first-order valence-corrected chi connectivity index (χ1v) is 10.4.